The van der Waals surface area contributed by atoms with Crippen LogP contribution in [-0.2, 0) is 9.53 Å². The van der Waals surface area contributed by atoms with E-state index in [0.717, 1.165) is 19.2 Å². The molecule has 0 radical (unpaired) electrons. The summed E-state index contributed by atoms with van der Waals surface area (Å²) in [4.78, 5) is 34.7. The predicted octanol–water partition coefficient (Wildman–Crippen LogP) is -0.0957. The molecule has 2 heterocycles. The molecule has 0 aliphatic carbocycles. The molecule has 1 N–H and O–H groups in total. The van der Waals surface area contributed by atoms with Gasteiger partial charge in [0.05, 0.1) is 5.92 Å². The number of halogens is 2. The molecule has 3 atom stereocenters. The SMILES string of the molecule is CC1[C@@H](C=O)O[C@@H](n2ccc(=O)[nH]c2=O)C1(F)F. The van der Waals surface area contributed by atoms with Gasteiger partial charge in [0.15, 0.2) is 0 Å². The van der Waals surface area contributed by atoms with Crippen LogP contribution in [0.1, 0.15) is 13.2 Å². The molecule has 1 saturated heterocycles. The number of H-pyrrole nitrogens is 1. The molecule has 8 heteroatoms. The summed E-state index contributed by atoms with van der Waals surface area (Å²) in [6.07, 6.45) is -1.99. The number of carbonyl (C=O) groups excluding carboxylic acids is 1. The number of alkyl halides is 2. The van der Waals surface area contributed by atoms with Crippen LogP contribution in [0, 0.1) is 5.92 Å². The van der Waals surface area contributed by atoms with Crippen molar-refractivity contribution in [1.82, 2.24) is 9.55 Å². The van der Waals surface area contributed by atoms with Gasteiger partial charge in [-0.05, 0) is 0 Å². The summed E-state index contributed by atoms with van der Waals surface area (Å²) in [5.41, 5.74) is -1.71. The normalized spacial score (nSPS) is 30.3. The van der Waals surface area contributed by atoms with E-state index in [0.29, 0.717) is 4.57 Å². The van der Waals surface area contributed by atoms with Crippen molar-refractivity contribution in [2.75, 3.05) is 0 Å². The summed E-state index contributed by atoms with van der Waals surface area (Å²) in [7, 11) is 0. The van der Waals surface area contributed by atoms with Crippen LogP contribution in [0.15, 0.2) is 21.9 Å². The zero-order chi connectivity index (χ0) is 13.5. The number of aromatic nitrogens is 2. The van der Waals surface area contributed by atoms with Crippen LogP contribution in [-0.4, -0.2) is 27.9 Å². The maximum Gasteiger partial charge on any atom is 0.330 e. The molecule has 1 aromatic heterocycles. The van der Waals surface area contributed by atoms with E-state index in [-0.39, 0.29) is 6.29 Å². The molecule has 2 rings (SSSR count). The lowest BCUT2D eigenvalue weighted by molar-refractivity contribution is -0.131. The quantitative estimate of drug-likeness (QED) is 0.753. The van der Waals surface area contributed by atoms with Gasteiger partial charge in [0, 0.05) is 12.3 Å². The van der Waals surface area contributed by atoms with Crippen LogP contribution >= 0.6 is 0 Å². The molecule has 0 aromatic carbocycles. The van der Waals surface area contributed by atoms with Gasteiger partial charge in [-0.25, -0.2) is 13.6 Å². The molecule has 1 fully saturated rings. The largest absolute Gasteiger partial charge is 0.340 e. The number of aromatic amines is 1. The van der Waals surface area contributed by atoms with E-state index in [1.54, 1.807) is 0 Å². The van der Waals surface area contributed by atoms with Crippen molar-refractivity contribution in [2.45, 2.75) is 25.2 Å². The Kier molecular flexibility index (Phi) is 2.89. The molecule has 18 heavy (non-hydrogen) atoms. The molecule has 0 bridgehead atoms. The number of hydrogen-bond donors (Lipinski definition) is 1. The van der Waals surface area contributed by atoms with Crippen molar-refractivity contribution in [2.24, 2.45) is 5.92 Å². The summed E-state index contributed by atoms with van der Waals surface area (Å²) in [6, 6.07) is 0.930. The van der Waals surface area contributed by atoms with Gasteiger partial charge in [0.1, 0.15) is 12.4 Å². The lowest BCUT2D eigenvalue weighted by Gasteiger charge is -2.21. The smallest absolute Gasteiger partial charge is 0.330 e. The molecule has 1 aliphatic rings. The Morgan fingerprint density at radius 1 is 1.50 bits per heavy atom. The molecule has 1 aromatic rings. The number of hydrogen-bond acceptors (Lipinski definition) is 4. The van der Waals surface area contributed by atoms with E-state index in [1.165, 1.54) is 0 Å². The Morgan fingerprint density at radius 3 is 2.67 bits per heavy atom. The number of nitrogens with one attached hydrogen (secondary N) is 1. The highest BCUT2D eigenvalue weighted by molar-refractivity contribution is 5.57. The highest BCUT2D eigenvalue weighted by Crippen LogP contribution is 2.45. The van der Waals surface area contributed by atoms with Crippen molar-refractivity contribution in [1.29, 1.82) is 0 Å². The zero-order valence-electron chi connectivity index (χ0n) is 9.30. The summed E-state index contributed by atoms with van der Waals surface area (Å²) in [6.45, 7) is 1.16. The number of ether oxygens (including phenoxy) is 1. The highest BCUT2D eigenvalue weighted by Gasteiger charge is 2.57. The van der Waals surface area contributed by atoms with Crippen molar-refractivity contribution in [3.05, 3.63) is 33.1 Å². The maximum atomic E-state index is 13.9. The molecule has 0 amide bonds. The Hall–Kier alpha value is -1.83. The van der Waals surface area contributed by atoms with Crippen molar-refractivity contribution >= 4 is 6.29 Å². The van der Waals surface area contributed by atoms with Crippen LogP contribution in [0.3, 0.4) is 0 Å². The van der Waals surface area contributed by atoms with Crippen LogP contribution in [0.2, 0.25) is 0 Å². The first kappa shape index (κ1) is 12.6. The van der Waals surface area contributed by atoms with Crippen LogP contribution in [0.4, 0.5) is 8.78 Å². The fourth-order valence-corrected chi connectivity index (χ4v) is 1.81. The van der Waals surface area contributed by atoms with Crippen molar-refractivity contribution < 1.29 is 18.3 Å². The molecule has 0 spiro atoms. The van der Waals surface area contributed by atoms with Gasteiger partial charge in [-0.15, -0.1) is 0 Å². The minimum Gasteiger partial charge on any atom is -0.340 e. The molecular formula is C10H10F2N2O4. The second-order valence-corrected chi connectivity index (χ2v) is 4.07. The minimum atomic E-state index is -3.38. The third-order valence-electron chi connectivity index (χ3n) is 2.95. The average Bonchev–Trinajstić information content (AvgIpc) is 2.52. The standard InChI is InChI=1S/C10H10F2N2O4/c1-5-6(4-15)18-8(10(5,11)12)14-3-2-7(16)13-9(14)17/h2-6,8H,1H3,(H,13,16,17)/t5?,6-,8-/m1/s1. The number of nitrogens with zero attached hydrogens (tertiary/aromatic N) is 1. The first-order chi connectivity index (χ1) is 8.37. The molecule has 6 nitrogen and oxygen atoms in total. The maximum absolute atomic E-state index is 13.9. The van der Waals surface area contributed by atoms with E-state index < -0.39 is 35.4 Å². The second-order valence-electron chi connectivity index (χ2n) is 4.07. The topological polar surface area (TPSA) is 81.2 Å². The molecule has 1 aliphatic heterocycles. The second kappa shape index (κ2) is 4.13. The van der Waals surface area contributed by atoms with E-state index in [9.17, 15) is 23.2 Å². The average molecular weight is 260 g/mol. The van der Waals surface area contributed by atoms with Gasteiger partial charge >= 0.3 is 5.69 Å². The molecule has 1 unspecified atom stereocenters. The zero-order valence-corrected chi connectivity index (χ0v) is 9.30. The third kappa shape index (κ3) is 1.78. The molecule has 0 saturated carbocycles. The van der Waals surface area contributed by atoms with Gasteiger partial charge < -0.3 is 9.53 Å². The fraction of sp³-hybridized carbons (Fsp3) is 0.500. The van der Waals surface area contributed by atoms with Crippen molar-refractivity contribution in [3.63, 3.8) is 0 Å². The molecule has 98 valence electrons. The monoisotopic (exact) mass is 260 g/mol. The number of aldehydes is 1. The predicted molar refractivity (Wildman–Crippen MR) is 55.4 cm³/mol. The number of rotatable bonds is 2. The Labute approximate surface area is 99.2 Å². The summed E-state index contributed by atoms with van der Waals surface area (Å²) >= 11 is 0. The van der Waals surface area contributed by atoms with Crippen LogP contribution in [0.5, 0.6) is 0 Å². The van der Waals surface area contributed by atoms with E-state index in [1.807, 2.05) is 4.98 Å². The first-order valence-corrected chi connectivity index (χ1v) is 5.18. The van der Waals surface area contributed by atoms with E-state index >= 15 is 0 Å². The van der Waals surface area contributed by atoms with Crippen LogP contribution < -0.4 is 11.2 Å². The first-order valence-electron chi connectivity index (χ1n) is 5.18. The Balaban J connectivity index is 2.48. The summed E-state index contributed by atoms with van der Waals surface area (Å²) < 4.78 is 33.2. The number of carbonyl (C=O) groups is 1. The Morgan fingerprint density at radius 2 is 2.17 bits per heavy atom. The highest BCUT2D eigenvalue weighted by atomic mass is 19.3. The lowest BCUT2D eigenvalue weighted by Crippen LogP contribution is -2.39. The summed E-state index contributed by atoms with van der Waals surface area (Å²) in [5.74, 6) is -4.73. The van der Waals surface area contributed by atoms with Gasteiger partial charge in [0.25, 0.3) is 11.5 Å². The Bertz CT molecular complexity index is 580. The van der Waals surface area contributed by atoms with Gasteiger partial charge in [-0.3, -0.25) is 14.3 Å². The van der Waals surface area contributed by atoms with Crippen LogP contribution in [0.25, 0.3) is 0 Å². The minimum absolute atomic E-state index is 0.273. The summed E-state index contributed by atoms with van der Waals surface area (Å²) in [5, 5.41) is 0. The van der Waals surface area contributed by atoms with Gasteiger partial charge in [-0.2, -0.15) is 0 Å². The lowest BCUT2D eigenvalue weighted by atomic mass is 10.0. The van der Waals surface area contributed by atoms with E-state index in [4.69, 9.17) is 4.74 Å². The van der Waals surface area contributed by atoms with Crippen molar-refractivity contribution in [3.8, 4) is 0 Å². The van der Waals surface area contributed by atoms with Gasteiger partial charge in [-0.1, -0.05) is 6.92 Å². The molecular weight excluding hydrogens is 250 g/mol. The van der Waals surface area contributed by atoms with E-state index in [2.05, 4.69) is 0 Å². The third-order valence-corrected chi connectivity index (χ3v) is 2.95. The fourth-order valence-electron chi connectivity index (χ4n) is 1.81. The van der Waals surface area contributed by atoms with Gasteiger partial charge in [0.2, 0.25) is 6.23 Å².